The lowest BCUT2D eigenvalue weighted by atomic mass is 10.1. The maximum absolute atomic E-state index is 11.1. The number of carbonyl (C=O) groups is 1. The minimum Gasteiger partial charge on any atom is -0.465 e. The Hall–Kier alpha value is -2.00. The van der Waals surface area contributed by atoms with Crippen LogP contribution in [0.2, 0.25) is 0 Å². The number of nitrogens with zero attached hydrogens (tertiary/aromatic N) is 3. The Morgan fingerprint density at radius 1 is 1.47 bits per heavy atom. The summed E-state index contributed by atoms with van der Waals surface area (Å²) in [5, 5.41) is 3.43. The normalized spacial score (nSPS) is 9.13. The van der Waals surface area contributed by atoms with Crippen molar-refractivity contribution in [3.63, 3.8) is 0 Å². The van der Waals surface area contributed by atoms with Gasteiger partial charge in [0.05, 0.1) is 12.7 Å². The highest BCUT2D eigenvalue weighted by Gasteiger charge is 2.03. The molecule has 0 unspecified atom stereocenters. The highest BCUT2D eigenvalue weighted by atomic mass is 16.5. The largest absolute Gasteiger partial charge is 0.465 e. The fourth-order valence-corrected chi connectivity index (χ4v) is 1.15. The van der Waals surface area contributed by atoms with E-state index in [0.717, 1.165) is 5.56 Å². The van der Waals surface area contributed by atoms with E-state index in [1.807, 2.05) is 12.1 Å². The van der Waals surface area contributed by atoms with E-state index < -0.39 is 0 Å². The number of methoxy groups -OCH3 is 1. The monoisotopic (exact) mass is 205 g/mol. The number of hydrogen-bond acceptors (Lipinski definition) is 3. The molecule has 78 valence electrons. The van der Waals surface area contributed by atoms with Crippen molar-refractivity contribution in [1.82, 2.24) is 0 Å². The Morgan fingerprint density at radius 3 is 2.67 bits per heavy atom. The molecule has 0 N–H and O–H groups in total. The summed E-state index contributed by atoms with van der Waals surface area (Å²) in [6.07, 6.45) is 0.672. The van der Waals surface area contributed by atoms with Gasteiger partial charge in [-0.15, -0.1) is 0 Å². The topological polar surface area (TPSA) is 75.1 Å². The van der Waals surface area contributed by atoms with Crippen molar-refractivity contribution in [2.75, 3.05) is 13.7 Å². The molecule has 5 nitrogen and oxygen atoms in total. The van der Waals surface area contributed by atoms with Crippen molar-refractivity contribution in [2.24, 2.45) is 5.11 Å². The van der Waals surface area contributed by atoms with Crippen molar-refractivity contribution in [3.05, 3.63) is 45.8 Å². The fourth-order valence-electron chi connectivity index (χ4n) is 1.15. The number of esters is 1. The third kappa shape index (κ3) is 3.32. The molecule has 0 fully saturated rings. The molecule has 15 heavy (non-hydrogen) atoms. The number of carbonyl (C=O) groups excluding carboxylic acids is 1. The second kappa shape index (κ2) is 5.67. The quantitative estimate of drug-likeness (QED) is 0.327. The lowest BCUT2D eigenvalue weighted by Crippen LogP contribution is -2.01. The minimum absolute atomic E-state index is 0.350. The first-order valence-corrected chi connectivity index (χ1v) is 4.46. The number of rotatable bonds is 4. The predicted octanol–water partition coefficient (Wildman–Crippen LogP) is 2.33. The van der Waals surface area contributed by atoms with Crippen LogP contribution in [0.15, 0.2) is 29.4 Å². The van der Waals surface area contributed by atoms with Crippen molar-refractivity contribution in [1.29, 1.82) is 0 Å². The molecule has 0 saturated carbocycles. The molecule has 0 aliphatic heterocycles. The molecule has 1 rings (SSSR count). The van der Waals surface area contributed by atoms with Crippen molar-refractivity contribution >= 4 is 5.97 Å². The molecule has 5 heteroatoms. The third-order valence-corrected chi connectivity index (χ3v) is 1.94. The lowest BCUT2D eigenvalue weighted by molar-refractivity contribution is 0.0600. The first-order chi connectivity index (χ1) is 7.27. The van der Waals surface area contributed by atoms with Gasteiger partial charge in [-0.3, -0.25) is 0 Å². The summed E-state index contributed by atoms with van der Waals surface area (Å²) in [5.41, 5.74) is 9.63. The van der Waals surface area contributed by atoms with Crippen molar-refractivity contribution in [3.8, 4) is 0 Å². The molecule has 1 aromatic carbocycles. The second-order valence-corrected chi connectivity index (χ2v) is 2.89. The van der Waals surface area contributed by atoms with E-state index in [2.05, 4.69) is 14.8 Å². The molecule has 0 aliphatic carbocycles. The van der Waals surface area contributed by atoms with Crippen LogP contribution in [0, 0.1) is 0 Å². The number of hydrogen-bond donors (Lipinski definition) is 0. The zero-order chi connectivity index (χ0) is 11.1. The molecule has 0 aliphatic rings. The third-order valence-electron chi connectivity index (χ3n) is 1.94. The van der Waals surface area contributed by atoms with Gasteiger partial charge >= 0.3 is 5.97 Å². The van der Waals surface area contributed by atoms with E-state index >= 15 is 0 Å². The lowest BCUT2D eigenvalue weighted by Gasteiger charge is -2.00. The number of ether oxygens (including phenoxy) is 1. The standard InChI is InChI=1S/C10H11N3O2/c1-15-10(14)9-4-2-8(3-5-9)6-7-12-13-11/h2-5H,6-7H2,1H3. The number of azide groups is 1. The molecule has 0 amide bonds. The van der Waals surface area contributed by atoms with Gasteiger partial charge in [0, 0.05) is 11.5 Å². The van der Waals surface area contributed by atoms with Crippen LogP contribution in [0.25, 0.3) is 10.4 Å². The Balaban J connectivity index is 2.63. The average Bonchev–Trinajstić information content (AvgIpc) is 2.29. The van der Waals surface area contributed by atoms with Crippen LogP contribution >= 0.6 is 0 Å². The smallest absolute Gasteiger partial charge is 0.337 e. The Kier molecular flexibility index (Phi) is 4.19. The minimum atomic E-state index is -0.350. The Morgan fingerprint density at radius 2 is 2.13 bits per heavy atom. The summed E-state index contributed by atoms with van der Waals surface area (Å²) in [4.78, 5) is 13.8. The van der Waals surface area contributed by atoms with Crippen LogP contribution in [-0.2, 0) is 11.2 Å². The first-order valence-electron chi connectivity index (χ1n) is 4.46. The molecular formula is C10H11N3O2. The molecule has 0 atom stereocenters. The SMILES string of the molecule is COC(=O)c1ccc(CCN=[N+]=[N-])cc1. The van der Waals surface area contributed by atoms with Gasteiger partial charge in [-0.25, -0.2) is 4.79 Å². The molecule has 0 saturated heterocycles. The molecule has 0 radical (unpaired) electrons. The summed E-state index contributed by atoms with van der Waals surface area (Å²) in [7, 11) is 1.35. The van der Waals surface area contributed by atoms with Crippen molar-refractivity contribution in [2.45, 2.75) is 6.42 Å². The van der Waals surface area contributed by atoms with Crippen LogP contribution in [0.5, 0.6) is 0 Å². The van der Waals surface area contributed by atoms with Gasteiger partial charge in [-0.1, -0.05) is 17.2 Å². The van der Waals surface area contributed by atoms with Gasteiger partial charge in [-0.2, -0.15) is 0 Å². The van der Waals surface area contributed by atoms with Gasteiger partial charge in [0.15, 0.2) is 0 Å². The van der Waals surface area contributed by atoms with E-state index in [0.29, 0.717) is 18.5 Å². The summed E-state index contributed by atoms with van der Waals surface area (Å²) in [5.74, 6) is -0.350. The van der Waals surface area contributed by atoms with E-state index in [1.54, 1.807) is 12.1 Å². The molecule has 0 heterocycles. The zero-order valence-electron chi connectivity index (χ0n) is 8.38. The molecule has 0 bridgehead atoms. The maximum atomic E-state index is 11.1. The summed E-state index contributed by atoms with van der Waals surface area (Å²) in [6.45, 7) is 0.425. The Labute approximate surface area is 87.3 Å². The van der Waals surface area contributed by atoms with Crippen LogP contribution in [0.1, 0.15) is 15.9 Å². The highest BCUT2D eigenvalue weighted by molar-refractivity contribution is 5.89. The van der Waals surface area contributed by atoms with E-state index in [1.165, 1.54) is 7.11 Å². The van der Waals surface area contributed by atoms with Crippen LogP contribution in [0.3, 0.4) is 0 Å². The van der Waals surface area contributed by atoms with Gasteiger partial charge in [-0.05, 0) is 29.6 Å². The average molecular weight is 205 g/mol. The summed E-state index contributed by atoms with van der Waals surface area (Å²) in [6, 6.07) is 7.02. The Bertz CT molecular complexity index is 380. The molecule has 0 spiro atoms. The van der Waals surface area contributed by atoms with E-state index in [9.17, 15) is 4.79 Å². The van der Waals surface area contributed by atoms with Gasteiger partial charge in [0.2, 0.25) is 0 Å². The highest BCUT2D eigenvalue weighted by Crippen LogP contribution is 2.06. The molecular weight excluding hydrogens is 194 g/mol. The maximum Gasteiger partial charge on any atom is 0.337 e. The van der Waals surface area contributed by atoms with E-state index in [-0.39, 0.29) is 5.97 Å². The van der Waals surface area contributed by atoms with Crippen LogP contribution < -0.4 is 0 Å². The summed E-state index contributed by atoms with van der Waals surface area (Å²) < 4.78 is 4.57. The predicted molar refractivity (Wildman–Crippen MR) is 55.5 cm³/mol. The van der Waals surface area contributed by atoms with Crippen molar-refractivity contribution < 1.29 is 9.53 Å². The van der Waals surface area contributed by atoms with Crippen LogP contribution in [-0.4, -0.2) is 19.6 Å². The summed E-state index contributed by atoms with van der Waals surface area (Å²) >= 11 is 0. The molecule has 1 aromatic rings. The van der Waals surface area contributed by atoms with Gasteiger partial charge in [0.1, 0.15) is 0 Å². The van der Waals surface area contributed by atoms with Crippen LogP contribution in [0.4, 0.5) is 0 Å². The van der Waals surface area contributed by atoms with Gasteiger partial charge in [0.25, 0.3) is 0 Å². The van der Waals surface area contributed by atoms with Gasteiger partial charge < -0.3 is 4.74 Å². The fraction of sp³-hybridized carbons (Fsp3) is 0.300. The zero-order valence-corrected chi connectivity index (χ0v) is 8.38. The molecule has 0 aromatic heterocycles. The second-order valence-electron chi connectivity index (χ2n) is 2.89. The van der Waals surface area contributed by atoms with E-state index in [4.69, 9.17) is 5.53 Å². The number of benzene rings is 1. The first kappa shape index (κ1) is 11.1.